The molecule has 10 nitrogen and oxygen atoms in total. The van der Waals surface area contributed by atoms with E-state index in [1.807, 2.05) is 6.92 Å². The molecule has 38 heavy (non-hydrogen) atoms. The Kier molecular flexibility index (Phi) is 6.51. The predicted molar refractivity (Wildman–Crippen MR) is 132 cm³/mol. The van der Waals surface area contributed by atoms with Gasteiger partial charge in [0, 0.05) is 31.9 Å². The number of hydrogen-bond donors (Lipinski definition) is 2. The Morgan fingerprint density at radius 2 is 1.97 bits per heavy atom. The van der Waals surface area contributed by atoms with Crippen LogP contribution in [0.2, 0.25) is 0 Å². The number of carbonyl (C=O) groups excluding carboxylic acids is 1. The van der Waals surface area contributed by atoms with Crippen molar-refractivity contribution >= 4 is 23.4 Å². The van der Waals surface area contributed by atoms with Gasteiger partial charge in [0.05, 0.1) is 11.9 Å². The number of aliphatic hydroxyl groups excluding tert-OH is 1. The number of allylic oxidation sites excluding steroid dienone is 1. The number of pyridine rings is 2. The van der Waals surface area contributed by atoms with Crippen molar-refractivity contribution in [3.05, 3.63) is 65.1 Å². The Labute approximate surface area is 215 Å². The molecule has 3 aromatic heterocycles. The highest BCUT2D eigenvalue weighted by Gasteiger charge is 2.40. The van der Waals surface area contributed by atoms with Gasteiger partial charge in [-0.2, -0.15) is 18.2 Å². The van der Waals surface area contributed by atoms with Gasteiger partial charge in [0.15, 0.2) is 5.82 Å². The molecule has 198 valence electrons. The summed E-state index contributed by atoms with van der Waals surface area (Å²) in [5.74, 6) is 0.946. The highest BCUT2D eigenvalue weighted by molar-refractivity contribution is 6.13. The Bertz CT molecular complexity index is 1390. The van der Waals surface area contributed by atoms with Crippen molar-refractivity contribution in [2.45, 2.75) is 39.4 Å². The third-order valence-corrected chi connectivity index (χ3v) is 6.13. The zero-order chi connectivity index (χ0) is 27.0. The van der Waals surface area contributed by atoms with Crippen molar-refractivity contribution in [2.75, 3.05) is 28.2 Å². The summed E-state index contributed by atoms with van der Waals surface area (Å²) >= 11 is 0. The van der Waals surface area contributed by atoms with Gasteiger partial charge in [-0.3, -0.25) is 4.79 Å². The summed E-state index contributed by atoms with van der Waals surface area (Å²) in [5.41, 5.74) is 1.43. The van der Waals surface area contributed by atoms with Crippen LogP contribution < -0.4 is 19.9 Å². The molecule has 0 saturated carbocycles. The summed E-state index contributed by atoms with van der Waals surface area (Å²) < 4.78 is 43.5. The summed E-state index contributed by atoms with van der Waals surface area (Å²) in [7, 11) is 0. The molecule has 0 atom stereocenters. The molecule has 0 spiro atoms. The van der Waals surface area contributed by atoms with Crippen LogP contribution in [0.3, 0.4) is 0 Å². The van der Waals surface area contributed by atoms with Crippen LogP contribution in [-0.2, 0) is 23.9 Å². The van der Waals surface area contributed by atoms with E-state index in [-0.39, 0.29) is 29.0 Å². The van der Waals surface area contributed by atoms with Crippen molar-refractivity contribution < 1.29 is 27.8 Å². The third kappa shape index (κ3) is 4.78. The molecule has 2 N–H and O–H groups in total. The van der Waals surface area contributed by atoms with Gasteiger partial charge in [-0.05, 0) is 44.4 Å². The second kappa shape index (κ2) is 9.80. The van der Waals surface area contributed by atoms with Crippen molar-refractivity contribution in [3.8, 4) is 11.6 Å². The molecule has 3 aromatic rings. The van der Waals surface area contributed by atoms with Gasteiger partial charge in [0.1, 0.15) is 28.6 Å². The molecule has 1 amide bonds. The maximum atomic E-state index is 13.0. The lowest BCUT2D eigenvalue weighted by Gasteiger charge is -2.40. The topological polar surface area (TPSA) is 117 Å². The first kappa shape index (κ1) is 25.2. The fraction of sp³-hybridized carbons (Fsp3) is 0.320. The largest absolute Gasteiger partial charge is 0.510 e. The monoisotopic (exact) mass is 527 g/mol. The number of nitrogens with one attached hydrogen (secondary N) is 1. The number of anilines is 3. The molecule has 0 aliphatic carbocycles. The zero-order valence-corrected chi connectivity index (χ0v) is 20.6. The fourth-order valence-electron chi connectivity index (χ4n) is 4.42. The van der Waals surface area contributed by atoms with Crippen LogP contribution in [0.15, 0.2) is 48.1 Å². The van der Waals surface area contributed by atoms with Gasteiger partial charge in [-0.25, -0.2) is 15.0 Å². The van der Waals surface area contributed by atoms with E-state index in [0.29, 0.717) is 43.5 Å². The Morgan fingerprint density at radius 3 is 2.61 bits per heavy atom. The molecule has 0 aromatic carbocycles. The lowest BCUT2D eigenvalue weighted by molar-refractivity contribution is -0.141. The number of aryl methyl sites for hydroxylation is 1. The first-order valence-corrected chi connectivity index (χ1v) is 12.0. The van der Waals surface area contributed by atoms with Crippen LogP contribution in [0.4, 0.5) is 30.6 Å². The number of ether oxygens (including phenoxy) is 1. The molecule has 5 heterocycles. The number of alkyl halides is 3. The van der Waals surface area contributed by atoms with E-state index in [4.69, 9.17) is 4.74 Å². The number of hydrogen-bond acceptors (Lipinski definition) is 9. The standard InChI is InChI=1S/C25H24F3N7O3/c1-3-34-20(14(2)36)23(37)35-10-4-5-17-21(35)22(34)33-24(32-17)31-12-15-6-9-19(30-11-15)38-16-7-8-18(29-13-16)25(26,27)28/h6-9,11,13,36H,3-5,10,12H2,1-2H3,(H,31,32,33)/b20-14+. The van der Waals surface area contributed by atoms with Gasteiger partial charge in [-0.15, -0.1) is 0 Å². The minimum atomic E-state index is -4.52. The van der Waals surface area contributed by atoms with Crippen molar-refractivity contribution in [1.82, 2.24) is 19.9 Å². The lowest BCUT2D eigenvalue weighted by Crippen LogP contribution is -2.47. The fourth-order valence-corrected chi connectivity index (χ4v) is 4.42. The number of nitrogens with zero attached hydrogens (tertiary/aromatic N) is 6. The number of rotatable bonds is 6. The Balaban J connectivity index is 1.31. The van der Waals surface area contributed by atoms with Crippen LogP contribution >= 0.6 is 0 Å². The van der Waals surface area contributed by atoms with E-state index in [9.17, 15) is 23.1 Å². The molecular weight excluding hydrogens is 503 g/mol. The number of halogens is 3. The molecular formula is C25H24F3N7O3. The van der Waals surface area contributed by atoms with Crippen molar-refractivity contribution in [3.63, 3.8) is 0 Å². The molecule has 2 aliphatic heterocycles. The normalized spacial score (nSPS) is 16.3. The minimum Gasteiger partial charge on any atom is -0.510 e. The van der Waals surface area contributed by atoms with Gasteiger partial charge >= 0.3 is 6.18 Å². The smallest absolute Gasteiger partial charge is 0.433 e. The number of aliphatic hydroxyl groups is 1. The first-order chi connectivity index (χ1) is 18.2. The lowest BCUT2D eigenvalue weighted by atomic mass is 10.0. The Hall–Kier alpha value is -4.42. The molecule has 0 fully saturated rings. The van der Waals surface area contributed by atoms with Crippen LogP contribution in [0.5, 0.6) is 11.6 Å². The summed E-state index contributed by atoms with van der Waals surface area (Å²) in [4.78, 5) is 33.3. The SMILES string of the molecule is CCN1/C(=C(\C)O)C(=O)N2CCCc3nc(NCc4ccc(Oc5ccc(C(F)(F)F)nc5)nc4)nc1c32. The zero-order valence-electron chi connectivity index (χ0n) is 20.6. The molecule has 2 aliphatic rings. The second-order valence-corrected chi connectivity index (χ2v) is 8.74. The molecule has 0 unspecified atom stereocenters. The first-order valence-electron chi connectivity index (χ1n) is 12.0. The van der Waals surface area contributed by atoms with Crippen LogP contribution in [0, 0.1) is 0 Å². The summed E-state index contributed by atoms with van der Waals surface area (Å²) in [6.45, 7) is 4.68. The van der Waals surface area contributed by atoms with Crippen LogP contribution in [0.1, 0.15) is 37.2 Å². The van der Waals surface area contributed by atoms with Gasteiger partial charge in [-0.1, -0.05) is 6.07 Å². The maximum Gasteiger partial charge on any atom is 0.433 e. The Morgan fingerprint density at radius 1 is 1.16 bits per heavy atom. The van der Waals surface area contributed by atoms with E-state index >= 15 is 0 Å². The van der Waals surface area contributed by atoms with Gasteiger partial charge in [0.25, 0.3) is 5.91 Å². The summed E-state index contributed by atoms with van der Waals surface area (Å²) in [5, 5.41) is 13.4. The van der Waals surface area contributed by atoms with Gasteiger partial charge in [0.2, 0.25) is 11.8 Å². The number of amides is 1. The molecule has 5 rings (SSSR count). The quantitative estimate of drug-likeness (QED) is 0.350. The average molecular weight is 528 g/mol. The average Bonchev–Trinajstić information content (AvgIpc) is 2.89. The minimum absolute atomic E-state index is 0.0665. The molecule has 13 heteroatoms. The van der Waals surface area contributed by atoms with Crippen LogP contribution in [0.25, 0.3) is 0 Å². The van der Waals surface area contributed by atoms with Gasteiger partial charge < -0.3 is 25.0 Å². The number of aromatic nitrogens is 4. The summed E-state index contributed by atoms with van der Waals surface area (Å²) in [6.07, 6.45) is -0.514. The van der Waals surface area contributed by atoms with Crippen LogP contribution in [-0.4, -0.2) is 44.0 Å². The number of carbonyl (C=O) groups is 1. The van der Waals surface area contributed by atoms with E-state index in [1.54, 1.807) is 28.1 Å². The highest BCUT2D eigenvalue weighted by atomic mass is 19.4. The third-order valence-electron chi connectivity index (χ3n) is 6.13. The van der Waals surface area contributed by atoms with E-state index in [0.717, 1.165) is 29.9 Å². The molecule has 0 radical (unpaired) electrons. The maximum absolute atomic E-state index is 13.0. The highest BCUT2D eigenvalue weighted by Crippen LogP contribution is 2.42. The summed E-state index contributed by atoms with van der Waals surface area (Å²) in [6, 6.07) is 5.37. The second-order valence-electron chi connectivity index (χ2n) is 8.74. The van der Waals surface area contributed by atoms with E-state index in [2.05, 4.69) is 25.3 Å². The van der Waals surface area contributed by atoms with Crippen molar-refractivity contribution in [2.24, 2.45) is 0 Å². The molecule has 0 bridgehead atoms. The predicted octanol–water partition coefficient (Wildman–Crippen LogP) is 4.60. The van der Waals surface area contributed by atoms with E-state index < -0.39 is 11.9 Å². The van der Waals surface area contributed by atoms with E-state index in [1.165, 1.54) is 13.0 Å². The molecule has 0 saturated heterocycles. The van der Waals surface area contributed by atoms with Crippen molar-refractivity contribution in [1.29, 1.82) is 0 Å². The number of likely N-dealkylation sites (N-methyl/N-ethyl adjacent to an activating group) is 1.